The second-order valence-corrected chi connectivity index (χ2v) is 9.61. The first-order valence-corrected chi connectivity index (χ1v) is 11.1. The van der Waals surface area contributed by atoms with Gasteiger partial charge in [-0.2, -0.15) is 0 Å². The van der Waals surface area contributed by atoms with Gasteiger partial charge in [-0.1, -0.05) is 23.8 Å². The van der Waals surface area contributed by atoms with E-state index in [4.69, 9.17) is 4.74 Å². The topological polar surface area (TPSA) is 45.7 Å². The van der Waals surface area contributed by atoms with Crippen molar-refractivity contribution in [1.29, 1.82) is 0 Å². The molecule has 0 saturated carbocycles. The molecule has 2 aliphatic rings. The van der Waals surface area contributed by atoms with Gasteiger partial charge in [0.15, 0.2) is 0 Å². The molecule has 0 N–H and O–H groups in total. The van der Waals surface area contributed by atoms with Gasteiger partial charge in [-0.3, -0.25) is 4.98 Å². The molecule has 0 aliphatic carbocycles. The van der Waals surface area contributed by atoms with Crippen LogP contribution >= 0.6 is 0 Å². The number of ether oxygens (including phenoxy) is 1. The number of pyridine rings is 1. The third-order valence-electron chi connectivity index (χ3n) is 6.12. The molecule has 0 spiro atoms. The summed E-state index contributed by atoms with van der Waals surface area (Å²) in [6, 6.07) is 11.4. The van der Waals surface area contributed by atoms with Crippen molar-refractivity contribution in [3.8, 4) is 0 Å². The molecule has 5 heteroatoms. The van der Waals surface area contributed by atoms with Gasteiger partial charge < -0.3 is 14.5 Å². The largest absolute Gasteiger partial charge is 0.444 e. The Labute approximate surface area is 180 Å². The average molecular weight is 408 g/mol. The summed E-state index contributed by atoms with van der Waals surface area (Å²) in [5.41, 5.74) is 4.77. The first-order chi connectivity index (χ1) is 14.3. The van der Waals surface area contributed by atoms with E-state index in [1.54, 1.807) is 0 Å². The summed E-state index contributed by atoms with van der Waals surface area (Å²) in [6.07, 6.45) is 6.65. The number of benzene rings is 1. The van der Waals surface area contributed by atoms with Gasteiger partial charge in [0.05, 0.1) is 0 Å². The number of aryl methyl sites for hydroxylation is 1. The van der Waals surface area contributed by atoms with Gasteiger partial charge in [0.1, 0.15) is 5.60 Å². The Morgan fingerprint density at radius 3 is 2.83 bits per heavy atom. The van der Waals surface area contributed by atoms with Crippen molar-refractivity contribution < 1.29 is 9.53 Å². The Bertz CT molecular complexity index is 891. The van der Waals surface area contributed by atoms with E-state index >= 15 is 0 Å². The molecule has 0 unspecified atom stereocenters. The number of hydrogen-bond donors (Lipinski definition) is 0. The first-order valence-electron chi connectivity index (χ1n) is 11.1. The van der Waals surface area contributed by atoms with Crippen LogP contribution in [0.1, 0.15) is 56.2 Å². The standard InChI is InChI=1S/C25H33N3O2/c1-18-9-10-23-20(15-18)21-17-27(24(29)30-25(2,3)4)13-6-8-22(21)28(23)14-11-19-7-5-12-26-16-19/h5,7,9-10,12,15-16,21-22H,6,8,11,13-14,17H2,1-4H3/t21-,22-/m0/s1. The highest BCUT2D eigenvalue weighted by Gasteiger charge is 2.41. The van der Waals surface area contributed by atoms with E-state index in [0.29, 0.717) is 12.0 Å². The second kappa shape index (κ2) is 8.29. The van der Waals surface area contributed by atoms with Crippen molar-refractivity contribution in [3.05, 3.63) is 59.4 Å². The number of amides is 1. The fourth-order valence-corrected chi connectivity index (χ4v) is 4.81. The van der Waals surface area contributed by atoms with Crippen molar-refractivity contribution in [2.45, 2.75) is 64.5 Å². The molecule has 5 nitrogen and oxygen atoms in total. The van der Waals surface area contributed by atoms with Gasteiger partial charge in [-0.25, -0.2) is 4.79 Å². The Morgan fingerprint density at radius 1 is 1.27 bits per heavy atom. The van der Waals surface area contributed by atoms with Gasteiger partial charge in [0.25, 0.3) is 0 Å². The van der Waals surface area contributed by atoms with E-state index < -0.39 is 5.60 Å². The number of nitrogens with zero attached hydrogens (tertiary/aromatic N) is 3. The van der Waals surface area contributed by atoms with E-state index in [9.17, 15) is 4.79 Å². The second-order valence-electron chi connectivity index (χ2n) is 9.61. The lowest BCUT2D eigenvalue weighted by molar-refractivity contribution is 0.0248. The number of aromatic nitrogens is 1. The van der Waals surface area contributed by atoms with Crippen molar-refractivity contribution in [2.75, 3.05) is 24.5 Å². The number of fused-ring (bicyclic) bond motifs is 3. The van der Waals surface area contributed by atoms with Crippen LogP contribution in [0.4, 0.5) is 10.5 Å². The molecule has 2 aromatic rings. The number of anilines is 1. The van der Waals surface area contributed by atoms with E-state index in [2.05, 4.69) is 41.1 Å². The van der Waals surface area contributed by atoms with E-state index in [-0.39, 0.29) is 6.09 Å². The maximum absolute atomic E-state index is 12.8. The quantitative estimate of drug-likeness (QED) is 0.723. The lowest BCUT2D eigenvalue weighted by Crippen LogP contribution is -2.40. The molecule has 2 aliphatic heterocycles. The minimum Gasteiger partial charge on any atom is -0.444 e. The van der Waals surface area contributed by atoms with E-state index in [1.165, 1.54) is 22.4 Å². The molecule has 2 atom stereocenters. The van der Waals surface area contributed by atoms with Crippen molar-refractivity contribution in [2.24, 2.45) is 0 Å². The minimum atomic E-state index is -0.470. The molecule has 1 aromatic carbocycles. The number of likely N-dealkylation sites (tertiary alicyclic amines) is 1. The zero-order valence-corrected chi connectivity index (χ0v) is 18.6. The van der Waals surface area contributed by atoms with Crippen LogP contribution in [-0.4, -0.2) is 47.3 Å². The molecule has 4 rings (SSSR count). The molecule has 30 heavy (non-hydrogen) atoms. The molecular formula is C25H33N3O2. The van der Waals surface area contributed by atoms with E-state index in [1.807, 2.05) is 44.1 Å². The summed E-state index contributed by atoms with van der Waals surface area (Å²) in [5.74, 6) is 0.323. The molecular weight excluding hydrogens is 374 g/mol. The number of rotatable bonds is 3. The van der Waals surface area contributed by atoms with Gasteiger partial charge >= 0.3 is 6.09 Å². The average Bonchev–Trinajstić information content (AvgIpc) is 2.83. The summed E-state index contributed by atoms with van der Waals surface area (Å²) in [5, 5.41) is 0. The highest BCUT2D eigenvalue weighted by atomic mass is 16.6. The summed E-state index contributed by atoms with van der Waals surface area (Å²) in [7, 11) is 0. The van der Waals surface area contributed by atoms with Crippen LogP contribution < -0.4 is 4.90 Å². The van der Waals surface area contributed by atoms with Crippen LogP contribution in [0.5, 0.6) is 0 Å². The predicted molar refractivity (Wildman–Crippen MR) is 120 cm³/mol. The molecule has 1 aromatic heterocycles. The van der Waals surface area contributed by atoms with Gasteiger partial charge in [-0.15, -0.1) is 0 Å². The smallest absolute Gasteiger partial charge is 0.410 e. The molecule has 0 radical (unpaired) electrons. The van der Waals surface area contributed by atoms with Gasteiger partial charge in [0, 0.05) is 49.7 Å². The molecule has 160 valence electrons. The van der Waals surface area contributed by atoms with Crippen molar-refractivity contribution >= 4 is 11.8 Å². The predicted octanol–water partition coefficient (Wildman–Crippen LogP) is 4.94. The maximum Gasteiger partial charge on any atom is 0.410 e. The van der Waals surface area contributed by atoms with Crippen molar-refractivity contribution in [1.82, 2.24) is 9.88 Å². The van der Waals surface area contributed by atoms with Gasteiger partial charge in [0.2, 0.25) is 0 Å². The third-order valence-corrected chi connectivity index (χ3v) is 6.12. The Hall–Kier alpha value is -2.56. The molecule has 1 amide bonds. The Kier molecular flexibility index (Phi) is 5.72. The fraction of sp³-hybridized carbons (Fsp3) is 0.520. The first kappa shape index (κ1) is 20.7. The summed E-state index contributed by atoms with van der Waals surface area (Å²) in [4.78, 5) is 21.6. The monoisotopic (exact) mass is 407 g/mol. The van der Waals surface area contributed by atoms with Crippen LogP contribution in [0.2, 0.25) is 0 Å². The zero-order chi connectivity index (χ0) is 21.3. The lowest BCUT2D eigenvalue weighted by Gasteiger charge is -2.30. The maximum atomic E-state index is 12.8. The lowest BCUT2D eigenvalue weighted by atomic mass is 9.92. The summed E-state index contributed by atoms with van der Waals surface area (Å²) in [6.45, 7) is 10.4. The SMILES string of the molecule is Cc1ccc2c(c1)[C@@H]1CN(C(=O)OC(C)(C)C)CCC[C@@H]1N2CCc1cccnc1. The van der Waals surface area contributed by atoms with Crippen LogP contribution in [-0.2, 0) is 11.2 Å². The zero-order valence-electron chi connectivity index (χ0n) is 18.6. The highest BCUT2D eigenvalue weighted by Crippen LogP contribution is 2.45. The number of carbonyl (C=O) groups excluding carboxylic acids is 1. The molecule has 0 bridgehead atoms. The Balaban J connectivity index is 1.58. The normalized spacial score (nSPS) is 21.1. The van der Waals surface area contributed by atoms with Crippen LogP contribution in [0.25, 0.3) is 0 Å². The van der Waals surface area contributed by atoms with Crippen LogP contribution in [0, 0.1) is 6.92 Å². The summed E-state index contributed by atoms with van der Waals surface area (Å²) >= 11 is 0. The molecule has 1 fully saturated rings. The van der Waals surface area contributed by atoms with Gasteiger partial charge in [-0.05, 0) is 70.2 Å². The number of hydrogen-bond acceptors (Lipinski definition) is 4. The molecule has 3 heterocycles. The number of carbonyl (C=O) groups is 1. The summed E-state index contributed by atoms with van der Waals surface area (Å²) < 4.78 is 5.69. The van der Waals surface area contributed by atoms with Crippen molar-refractivity contribution in [3.63, 3.8) is 0 Å². The van der Waals surface area contributed by atoms with Crippen LogP contribution in [0.3, 0.4) is 0 Å². The Morgan fingerprint density at radius 2 is 2.10 bits per heavy atom. The minimum absolute atomic E-state index is 0.189. The third kappa shape index (κ3) is 4.45. The van der Waals surface area contributed by atoms with E-state index in [0.717, 1.165) is 38.9 Å². The van der Waals surface area contributed by atoms with Crippen LogP contribution in [0.15, 0.2) is 42.7 Å². The fourth-order valence-electron chi connectivity index (χ4n) is 4.81. The highest BCUT2D eigenvalue weighted by molar-refractivity contribution is 5.69. The molecule has 1 saturated heterocycles.